The third-order valence-corrected chi connectivity index (χ3v) is 15.2. The Morgan fingerprint density at radius 1 is 0.943 bits per heavy atom. The number of fused-ring (bicyclic) bond motifs is 3. The van der Waals surface area contributed by atoms with Crippen LogP contribution in [0.4, 0.5) is 0 Å². The van der Waals surface area contributed by atoms with Crippen molar-refractivity contribution in [2.45, 2.75) is 180 Å². The fraction of sp³-hybridized carbons (Fsp3) is 0.736. The number of tetrazole rings is 1. The number of amides is 1. The van der Waals surface area contributed by atoms with E-state index in [2.05, 4.69) is 15.5 Å². The van der Waals surface area contributed by atoms with Crippen molar-refractivity contribution in [3.63, 3.8) is 0 Å². The van der Waals surface area contributed by atoms with Crippen molar-refractivity contribution >= 4 is 29.2 Å². The third kappa shape index (κ3) is 13.8. The van der Waals surface area contributed by atoms with E-state index in [0.717, 1.165) is 11.3 Å². The molecule has 16 atom stereocenters. The molecule has 2 bridgehead atoms. The second kappa shape index (κ2) is 25.9. The average molecular weight is 984 g/mol. The Labute approximate surface area is 420 Å². The molecule has 2 saturated heterocycles. The number of Topliss-reactive ketones (excluding diaryl/α,β-unsaturated/α-hetero) is 3. The van der Waals surface area contributed by atoms with Crippen LogP contribution in [0.3, 0.4) is 0 Å². The van der Waals surface area contributed by atoms with Crippen molar-refractivity contribution < 1.29 is 63.4 Å². The van der Waals surface area contributed by atoms with Gasteiger partial charge in [0.25, 0.3) is 11.7 Å². The number of allylic oxidation sites excluding steroid dienone is 6. The molecule has 1 unspecified atom stereocenters. The summed E-state index contributed by atoms with van der Waals surface area (Å²) >= 11 is 0. The van der Waals surface area contributed by atoms with Gasteiger partial charge in [-0.05, 0) is 117 Å². The first-order valence-corrected chi connectivity index (χ1v) is 24.9. The minimum Gasteiger partial charge on any atom is -0.460 e. The highest BCUT2D eigenvalue weighted by Crippen LogP contribution is 2.39. The van der Waals surface area contributed by atoms with Crippen molar-refractivity contribution in [3.8, 4) is 0 Å². The van der Waals surface area contributed by atoms with Gasteiger partial charge >= 0.3 is 5.97 Å². The smallest absolute Gasteiger partial charge is 0.329 e. The quantitative estimate of drug-likeness (QED) is 0.174. The number of hydrogen-bond donors (Lipinski definition) is 2. The molecule has 3 aliphatic heterocycles. The largest absolute Gasteiger partial charge is 0.460 e. The van der Waals surface area contributed by atoms with Gasteiger partial charge in [0.15, 0.2) is 5.78 Å². The number of aromatic nitrogens is 4. The lowest BCUT2D eigenvalue weighted by molar-refractivity contribution is -0.265. The normalized spacial score (nSPS) is 43.1. The molecular weight excluding hydrogens is 899 g/mol. The van der Waals surface area contributed by atoms with Crippen LogP contribution in [-0.2, 0) is 47.7 Å². The number of carbonyl (C=O) groups excluding carboxylic acids is 5. The van der Waals surface area contributed by atoms with Gasteiger partial charge in [-0.3, -0.25) is 19.2 Å². The molecule has 3 fully saturated rings. The van der Waals surface area contributed by atoms with E-state index in [9.17, 15) is 36.9 Å². The van der Waals surface area contributed by atoms with E-state index in [4.69, 9.17) is 26.4 Å². The number of aliphatic hydroxyl groups excluding tert-OH is 1. The SMILES string of the molecule is [2H]C1([2H])C[C@H]2C[C@H](OC)/C(C)=C/C=C/C=C/[C@@]([2H])(C)C([2H])(C)[C@@H](C)C(=O)[C@H](OC)[C@H](O)/C(C)=C/[C@@H](C)C(=O)C[C@@H]([C@H](C)C[C@@H]3CC[C@H](n4cnnn4)[C@H](OC)C3)OC(=O)[C@@H]3CCCCN3C(=O)C(=O)[C@](O)(O2)[C@@H]1C. The molecule has 1 aromatic rings. The number of ether oxygens (including phenoxy) is 5. The summed E-state index contributed by atoms with van der Waals surface area (Å²) in [6.45, 7) is 12.6. The van der Waals surface area contributed by atoms with Gasteiger partial charge in [-0.15, -0.1) is 5.10 Å². The van der Waals surface area contributed by atoms with E-state index in [-0.39, 0.29) is 61.6 Å². The van der Waals surface area contributed by atoms with Crippen molar-refractivity contribution in [2.24, 2.45) is 41.4 Å². The molecule has 1 amide bonds. The van der Waals surface area contributed by atoms with Gasteiger partial charge < -0.3 is 38.8 Å². The summed E-state index contributed by atoms with van der Waals surface area (Å²) < 4.78 is 67.6. The number of cyclic esters (lactones) is 1. The molecule has 2 N–H and O–H groups in total. The first kappa shape index (κ1) is 50.7. The number of nitrogens with zero attached hydrogens (tertiary/aromatic N) is 5. The lowest BCUT2D eigenvalue weighted by Crippen LogP contribution is -2.61. The van der Waals surface area contributed by atoms with Gasteiger partial charge in [0.05, 0.1) is 24.4 Å². The minimum atomic E-state index is -2.92. The molecule has 5 rings (SSSR count). The zero-order valence-corrected chi connectivity index (χ0v) is 43.0. The van der Waals surface area contributed by atoms with Crippen LogP contribution in [-0.4, -0.2) is 141 Å². The molecule has 70 heavy (non-hydrogen) atoms. The summed E-state index contributed by atoms with van der Waals surface area (Å²) in [5.41, 5.74) is 0.906. The number of rotatable bonds is 7. The molecule has 17 nitrogen and oxygen atoms in total. The zero-order valence-electron chi connectivity index (χ0n) is 47.0. The molecule has 17 heteroatoms. The standard InChI is InChI=1S/C53H81N5O12/c1-31-17-13-12-14-18-32(2)44(66-9)28-40-22-20-36(6)53(65,70-40)50(62)51(63)57-24-16-15-19-42(57)52(64)69-45(34(4)26-39-21-23-41(46(27-39)67-10)58-30-54-55-56-58)29-43(59)33(3)25-35(5)47(60)49(68-11)48(61)38(8)37(31)7/h12-14,17-18,25,30-31,33-34,36-42,44-47,49,60,65H,15-16,19-24,26-29H2,1-11H3/b14-12+,17-13+,32-18+,35-25+/t31-,33-,34-,36-,37?,38-,39+,40+,41+,42+,44+,45+,46-,47-,49-,53-/m1/s1/i20D2,31D,37D. The highest BCUT2D eigenvalue weighted by Gasteiger charge is 2.53. The summed E-state index contributed by atoms with van der Waals surface area (Å²) in [5, 5.41) is 35.4. The molecule has 0 aromatic carbocycles. The van der Waals surface area contributed by atoms with Gasteiger partial charge in [-0.25, -0.2) is 9.48 Å². The molecule has 1 aliphatic carbocycles. The Hall–Kier alpha value is -4.26. The molecule has 1 saturated carbocycles. The predicted molar refractivity (Wildman–Crippen MR) is 261 cm³/mol. The van der Waals surface area contributed by atoms with Crippen LogP contribution >= 0.6 is 0 Å². The Bertz CT molecular complexity index is 2260. The van der Waals surface area contributed by atoms with Gasteiger partial charge in [0.2, 0.25) is 5.79 Å². The summed E-state index contributed by atoms with van der Waals surface area (Å²) in [6.07, 6.45) is 6.06. The highest BCUT2D eigenvalue weighted by molar-refractivity contribution is 6.39. The summed E-state index contributed by atoms with van der Waals surface area (Å²) in [5.74, 6) is -14.6. The second-order valence-corrected chi connectivity index (χ2v) is 20.0. The van der Waals surface area contributed by atoms with E-state index >= 15 is 0 Å². The maximum atomic E-state index is 14.6. The maximum absolute atomic E-state index is 14.6. The fourth-order valence-corrected chi connectivity index (χ4v) is 10.3. The van der Waals surface area contributed by atoms with Gasteiger partial charge in [0, 0.05) is 64.0 Å². The number of aliphatic hydroxyl groups is 2. The monoisotopic (exact) mass is 984 g/mol. The minimum absolute atomic E-state index is 0.0128. The topological polar surface area (TPSA) is 219 Å². The van der Waals surface area contributed by atoms with E-state index in [0.29, 0.717) is 37.7 Å². The second-order valence-electron chi connectivity index (χ2n) is 20.0. The molecule has 390 valence electrons. The van der Waals surface area contributed by atoms with Crippen LogP contribution in [0.1, 0.15) is 137 Å². The van der Waals surface area contributed by atoms with Crippen LogP contribution in [0.25, 0.3) is 0 Å². The van der Waals surface area contributed by atoms with Crippen molar-refractivity contribution in [3.05, 3.63) is 53.9 Å². The van der Waals surface area contributed by atoms with Crippen LogP contribution < -0.4 is 0 Å². The predicted octanol–water partition coefficient (Wildman–Crippen LogP) is 6.29. The number of piperidine rings is 1. The van der Waals surface area contributed by atoms with E-state index < -0.39 is 108 Å². The van der Waals surface area contributed by atoms with E-state index in [1.807, 2.05) is 6.92 Å². The summed E-state index contributed by atoms with van der Waals surface area (Å²) in [6, 6.07) is -1.38. The molecular formula is C53H81N5O12. The van der Waals surface area contributed by atoms with Gasteiger partial charge in [-0.2, -0.15) is 0 Å². The van der Waals surface area contributed by atoms with Gasteiger partial charge in [0.1, 0.15) is 36.5 Å². The van der Waals surface area contributed by atoms with Crippen LogP contribution in [0.5, 0.6) is 0 Å². The Morgan fingerprint density at radius 2 is 1.69 bits per heavy atom. The highest BCUT2D eigenvalue weighted by atomic mass is 16.6. The Kier molecular flexibility index (Phi) is 18.8. The lowest BCUT2D eigenvalue weighted by atomic mass is 9.77. The van der Waals surface area contributed by atoms with E-state index in [1.54, 1.807) is 63.2 Å². The Balaban J connectivity index is 1.53. The van der Waals surface area contributed by atoms with Crippen molar-refractivity contribution in [1.29, 1.82) is 0 Å². The van der Waals surface area contributed by atoms with E-state index in [1.165, 1.54) is 54.1 Å². The number of esters is 1. The summed E-state index contributed by atoms with van der Waals surface area (Å²) in [4.78, 5) is 73.0. The first-order valence-electron chi connectivity index (χ1n) is 26.9. The number of ketones is 3. The van der Waals surface area contributed by atoms with Crippen LogP contribution in [0, 0.1) is 41.4 Å². The first-order chi connectivity index (χ1) is 34.6. The molecule has 4 heterocycles. The fourth-order valence-electron chi connectivity index (χ4n) is 10.3. The van der Waals surface area contributed by atoms with Crippen LogP contribution in [0.15, 0.2) is 53.9 Å². The van der Waals surface area contributed by atoms with Crippen LogP contribution in [0.2, 0.25) is 0 Å². The molecule has 1 aromatic heterocycles. The molecule has 0 spiro atoms. The maximum Gasteiger partial charge on any atom is 0.329 e. The lowest BCUT2D eigenvalue weighted by Gasteiger charge is -2.42. The average Bonchev–Trinajstić information content (AvgIpc) is 3.90. The third-order valence-electron chi connectivity index (χ3n) is 15.2. The zero-order chi connectivity index (χ0) is 55.1. The van der Waals surface area contributed by atoms with Gasteiger partial charge in [-0.1, -0.05) is 78.0 Å². The number of carbonyl (C=O) groups is 5. The molecule has 0 radical (unpaired) electrons. The summed E-state index contributed by atoms with van der Waals surface area (Å²) in [7, 11) is 4.34. The number of hydrogen-bond acceptors (Lipinski definition) is 15. The Morgan fingerprint density at radius 3 is 2.36 bits per heavy atom. The number of methoxy groups -OCH3 is 3. The molecule has 4 aliphatic rings. The van der Waals surface area contributed by atoms with Crippen molar-refractivity contribution in [1.82, 2.24) is 25.1 Å². The van der Waals surface area contributed by atoms with Crippen molar-refractivity contribution in [2.75, 3.05) is 27.9 Å².